The summed E-state index contributed by atoms with van der Waals surface area (Å²) in [6.45, 7) is 2.62. The Balaban J connectivity index is 0.000000360. The molecule has 2 aromatic carbocycles. The molecule has 0 spiro atoms. The molecule has 0 N–H and O–H groups in total. The molecular weight excluding hydrogens is 655 g/mol. The predicted octanol–water partition coefficient (Wildman–Crippen LogP) is 6.31. The first-order valence-electron chi connectivity index (χ1n) is 9.20. The fraction of sp³-hybridized carbons (Fsp3) is 0.222. The Kier molecular flexibility index (Phi) is 7.17. The van der Waals surface area contributed by atoms with Crippen molar-refractivity contribution in [2.75, 3.05) is 6.61 Å². The van der Waals surface area contributed by atoms with Gasteiger partial charge in [-0.25, -0.2) is 0 Å². The van der Waals surface area contributed by atoms with E-state index in [-0.39, 0.29) is 5.69 Å². The van der Waals surface area contributed by atoms with Gasteiger partial charge in [-0.05, 0) is 29.2 Å². The predicted molar refractivity (Wildman–Crippen MR) is 131 cm³/mol. The number of nitro groups is 1. The molecule has 174 valence electrons. The number of aromatic nitrogens is 3. The Morgan fingerprint density at radius 3 is 2.25 bits per heavy atom. The number of nitrogens with zero attached hydrogens (tertiary/aromatic N) is 4. The number of halogens is 6. The van der Waals surface area contributed by atoms with Gasteiger partial charge >= 0.3 is 67.9 Å². The maximum absolute atomic E-state index is 10.9. The Morgan fingerprint density at radius 2 is 1.69 bits per heavy atom. The number of rotatable bonds is 3. The van der Waals surface area contributed by atoms with Crippen LogP contribution in [0, 0.1) is 10.1 Å². The van der Waals surface area contributed by atoms with Crippen LogP contribution in [0.5, 0.6) is 5.75 Å². The summed E-state index contributed by atoms with van der Waals surface area (Å²) in [7, 11) is 25.0. The molecule has 0 atom stereocenters. The van der Waals surface area contributed by atoms with Crippen molar-refractivity contribution in [3.8, 4) is 17.1 Å². The Hall–Kier alpha value is -0.662. The van der Waals surface area contributed by atoms with E-state index in [2.05, 4.69) is 0 Å². The van der Waals surface area contributed by atoms with Crippen LogP contribution in [-0.4, -0.2) is 30.3 Å². The number of para-hydroxylation sites is 2. The number of fused-ring (bicyclic) bond motifs is 3. The standard InChI is InChI=1S/C18H17N4O3.6ClH.Sb/c1-2-17-19-18-11-12-25-16-6-4-3-5-15(16)21(18)20(17)13-7-9-14(10-8-13)22(23)24;;;;;;;/h3-10H,2,11-12H2,1H3;6*1H;/q+1;;;;;;;+5/p-6. The van der Waals surface area contributed by atoms with Crippen molar-refractivity contribution in [2.45, 2.75) is 19.8 Å². The summed E-state index contributed by atoms with van der Waals surface area (Å²) in [6.07, 6.45) is 1.45. The summed E-state index contributed by atoms with van der Waals surface area (Å²) in [5.41, 5.74) is 1.82. The molecule has 0 amide bonds. The summed E-state index contributed by atoms with van der Waals surface area (Å²) >= 11 is 0. The zero-order valence-corrected chi connectivity index (χ0v) is 23.6. The monoisotopic (exact) mass is 668 g/mol. The number of hydrogen-bond acceptors (Lipinski definition) is 4. The van der Waals surface area contributed by atoms with Crippen LogP contribution in [0.2, 0.25) is 0 Å². The molecule has 0 saturated heterocycles. The van der Waals surface area contributed by atoms with E-state index in [9.17, 15) is 10.1 Å². The molecule has 3 aromatic rings. The summed E-state index contributed by atoms with van der Waals surface area (Å²) in [5, 5.41) is 10.9. The van der Waals surface area contributed by atoms with E-state index >= 15 is 0 Å². The van der Waals surface area contributed by atoms with Crippen molar-refractivity contribution >= 4 is 67.8 Å². The maximum atomic E-state index is 10.9. The first-order valence-corrected chi connectivity index (χ1v) is 28.6. The quantitative estimate of drug-likeness (QED) is 0.142. The second-order valence-electron chi connectivity index (χ2n) is 6.72. The van der Waals surface area contributed by atoms with Crippen molar-refractivity contribution in [2.24, 2.45) is 0 Å². The number of ether oxygens (including phenoxy) is 1. The summed E-state index contributed by atoms with van der Waals surface area (Å²) in [6, 6.07) is 14.4. The van der Waals surface area contributed by atoms with Gasteiger partial charge in [0, 0.05) is 18.6 Å². The van der Waals surface area contributed by atoms with E-state index in [1.807, 2.05) is 40.6 Å². The van der Waals surface area contributed by atoms with Gasteiger partial charge in [0.05, 0.1) is 17.0 Å². The third kappa shape index (κ3) is 7.42. The second kappa shape index (κ2) is 8.84. The minimum absolute atomic E-state index is 0.0711. The third-order valence-corrected chi connectivity index (χ3v) is 4.25. The molecule has 0 saturated carbocycles. The molecular formula is C18H17Cl6N4O3Sb. The SMILES string of the molecule is CCc1nc2[n+](n1-c1ccc([N+](=O)[O-])cc1)-c1ccccc1OCC2.[Cl][Sb-]([Cl])([Cl])([Cl])([Cl])[Cl]. The van der Waals surface area contributed by atoms with Crippen LogP contribution in [0.3, 0.4) is 0 Å². The fourth-order valence-corrected chi connectivity index (χ4v) is 3.10. The van der Waals surface area contributed by atoms with Gasteiger partial charge < -0.3 is 4.74 Å². The molecule has 0 unspecified atom stereocenters. The molecule has 7 nitrogen and oxygen atoms in total. The molecule has 0 radical (unpaired) electrons. The van der Waals surface area contributed by atoms with Gasteiger partial charge in [0.15, 0.2) is 11.4 Å². The fourth-order valence-electron chi connectivity index (χ4n) is 3.10. The van der Waals surface area contributed by atoms with Gasteiger partial charge in [-0.1, -0.05) is 19.1 Å². The van der Waals surface area contributed by atoms with Crippen molar-refractivity contribution in [1.29, 1.82) is 0 Å². The second-order valence-corrected chi connectivity index (χ2v) is 63.6. The number of hydrogen-bond donors (Lipinski definition) is 0. The molecule has 1 aromatic heterocycles. The molecule has 1 aliphatic rings. The van der Waals surface area contributed by atoms with Gasteiger partial charge in [0.25, 0.3) is 11.5 Å². The molecule has 0 fully saturated rings. The number of benzene rings is 2. The molecule has 32 heavy (non-hydrogen) atoms. The molecule has 4 rings (SSSR count). The summed E-state index contributed by atoms with van der Waals surface area (Å²) in [5.74, 6) is 2.62. The van der Waals surface area contributed by atoms with Crippen LogP contribution >= 0.6 is 53.0 Å². The zero-order chi connectivity index (χ0) is 23.8. The zero-order valence-electron chi connectivity index (χ0n) is 16.5. The molecule has 1 aliphatic heterocycles. The average molecular weight is 672 g/mol. The van der Waals surface area contributed by atoms with E-state index in [0.29, 0.717) is 13.0 Å². The molecule has 14 heteroatoms. The van der Waals surface area contributed by atoms with Gasteiger partial charge in [-0.15, -0.1) is 9.36 Å². The van der Waals surface area contributed by atoms with E-state index in [1.165, 1.54) is 12.1 Å². The van der Waals surface area contributed by atoms with E-state index in [1.54, 1.807) is 12.1 Å². The average Bonchev–Trinajstić information content (AvgIpc) is 2.94. The van der Waals surface area contributed by atoms with Crippen molar-refractivity contribution < 1.29 is 14.3 Å². The minimum atomic E-state index is -5.42. The van der Waals surface area contributed by atoms with E-state index < -0.39 is 14.1 Å². The van der Waals surface area contributed by atoms with Crippen LogP contribution in [0.15, 0.2) is 48.5 Å². The van der Waals surface area contributed by atoms with E-state index in [4.69, 9.17) is 62.7 Å². The van der Waals surface area contributed by atoms with Gasteiger partial charge in [-0.3, -0.25) is 10.1 Å². The Bertz CT molecular complexity index is 1150. The van der Waals surface area contributed by atoms with Crippen molar-refractivity contribution in [3.05, 3.63) is 70.3 Å². The number of nitro benzene ring substituents is 1. The normalized spacial score (nSPS) is 15.0. The van der Waals surface area contributed by atoms with Crippen molar-refractivity contribution in [3.63, 3.8) is 0 Å². The molecule has 2 heterocycles. The Labute approximate surface area is 204 Å². The summed E-state index contributed by atoms with van der Waals surface area (Å²) in [4.78, 5) is 15.3. The molecule has 0 bridgehead atoms. The molecule has 0 aliphatic carbocycles. The number of non-ortho nitro benzene ring substituents is 1. The topological polar surface area (TPSA) is 74.1 Å². The van der Waals surface area contributed by atoms with Crippen LogP contribution in [0.25, 0.3) is 11.4 Å². The third-order valence-electron chi connectivity index (χ3n) is 4.25. The Morgan fingerprint density at radius 1 is 1.09 bits per heavy atom. The first kappa shape index (κ1) is 26.0. The van der Waals surface area contributed by atoms with Crippen LogP contribution in [0.4, 0.5) is 5.69 Å². The number of aryl methyl sites for hydroxylation is 1. The van der Waals surface area contributed by atoms with Gasteiger partial charge in [0.1, 0.15) is 6.61 Å². The van der Waals surface area contributed by atoms with Crippen LogP contribution < -0.4 is 9.42 Å². The van der Waals surface area contributed by atoms with E-state index in [0.717, 1.165) is 35.2 Å². The van der Waals surface area contributed by atoms with Gasteiger partial charge in [0.2, 0.25) is 0 Å². The summed E-state index contributed by atoms with van der Waals surface area (Å²) < 4.78 is 9.89. The van der Waals surface area contributed by atoms with Gasteiger partial charge in [-0.2, -0.15) is 0 Å². The van der Waals surface area contributed by atoms with Crippen LogP contribution in [0.1, 0.15) is 18.6 Å². The van der Waals surface area contributed by atoms with Crippen molar-refractivity contribution in [1.82, 2.24) is 9.67 Å². The van der Waals surface area contributed by atoms with Crippen LogP contribution in [-0.2, 0) is 12.8 Å². The first-order chi connectivity index (χ1) is 14.6.